The van der Waals surface area contributed by atoms with Gasteiger partial charge in [-0.3, -0.25) is 0 Å². The van der Waals surface area contributed by atoms with Crippen LogP contribution in [0.5, 0.6) is 0 Å². The predicted octanol–water partition coefficient (Wildman–Crippen LogP) is 1.88. The number of unbranched alkanes of at least 4 members (excludes halogenated alkanes) is 1. The van der Waals surface area contributed by atoms with E-state index in [4.69, 9.17) is 9.84 Å². The number of carbonyl (C=O) groups excluding carboxylic acids is 1. The first-order valence-corrected chi connectivity index (χ1v) is 5.93. The van der Waals surface area contributed by atoms with Crippen LogP contribution in [-0.4, -0.2) is 29.3 Å². The molecule has 0 aliphatic heterocycles. The first-order valence-electron chi connectivity index (χ1n) is 5.93. The van der Waals surface area contributed by atoms with Crippen molar-refractivity contribution in [1.29, 1.82) is 0 Å². The molecule has 0 amide bonds. The Labute approximate surface area is 102 Å². The molecule has 0 radical (unpaired) electrons. The van der Waals surface area contributed by atoms with Crippen molar-refractivity contribution < 1.29 is 14.6 Å². The van der Waals surface area contributed by atoms with Gasteiger partial charge in [-0.15, -0.1) is 0 Å². The van der Waals surface area contributed by atoms with Crippen LogP contribution in [0, 0.1) is 6.92 Å². The lowest BCUT2D eigenvalue weighted by Gasteiger charge is -2.07. The van der Waals surface area contributed by atoms with Gasteiger partial charge in [0.15, 0.2) is 0 Å². The van der Waals surface area contributed by atoms with Crippen molar-refractivity contribution in [3.8, 4) is 0 Å². The zero-order valence-corrected chi connectivity index (χ0v) is 10.4. The quantitative estimate of drug-likeness (QED) is 0.606. The first-order chi connectivity index (χ1) is 8.19. The molecule has 94 valence electrons. The van der Waals surface area contributed by atoms with Gasteiger partial charge in [-0.1, -0.05) is 6.07 Å². The highest BCUT2D eigenvalue weighted by atomic mass is 16.5. The van der Waals surface area contributed by atoms with Crippen LogP contribution in [0.3, 0.4) is 0 Å². The molecule has 1 aromatic rings. The summed E-state index contributed by atoms with van der Waals surface area (Å²) in [6.07, 6.45) is 2.40. The number of hydrogen-bond acceptors (Lipinski definition) is 4. The highest BCUT2D eigenvalue weighted by molar-refractivity contribution is 5.87. The Morgan fingerprint density at radius 1 is 1.41 bits per heavy atom. The summed E-state index contributed by atoms with van der Waals surface area (Å²) in [4.78, 5) is 15.8. The second-order valence-corrected chi connectivity index (χ2v) is 3.86. The van der Waals surface area contributed by atoms with E-state index in [0.717, 1.165) is 30.5 Å². The molecule has 1 rings (SSSR count). The molecule has 0 atom stereocenters. The molecule has 0 unspecified atom stereocenters. The number of rotatable bonds is 6. The Kier molecular flexibility index (Phi) is 5.63. The zero-order chi connectivity index (χ0) is 12.7. The van der Waals surface area contributed by atoms with Gasteiger partial charge >= 0.3 is 5.97 Å². The molecule has 1 heterocycles. The van der Waals surface area contributed by atoms with Crippen LogP contribution < -0.4 is 0 Å². The molecular formula is C13H19NO3. The fourth-order valence-corrected chi connectivity index (χ4v) is 1.55. The van der Waals surface area contributed by atoms with Gasteiger partial charge in [-0.2, -0.15) is 0 Å². The standard InChI is InChI=1S/C13H19NO3/c1-3-17-13(16)12-8-7-10(2)11(14-12)6-4-5-9-15/h7-8,15H,3-6,9H2,1-2H3. The molecule has 1 aromatic heterocycles. The average molecular weight is 237 g/mol. The number of hydrogen-bond donors (Lipinski definition) is 1. The van der Waals surface area contributed by atoms with E-state index in [1.54, 1.807) is 13.0 Å². The smallest absolute Gasteiger partial charge is 0.356 e. The van der Waals surface area contributed by atoms with Crippen LogP contribution in [0.1, 0.15) is 41.5 Å². The number of pyridine rings is 1. The van der Waals surface area contributed by atoms with Crippen LogP contribution in [-0.2, 0) is 11.2 Å². The van der Waals surface area contributed by atoms with Crippen LogP contribution >= 0.6 is 0 Å². The fraction of sp³-hybridized carbons (Fsp3) is 0.538. The molecule has 0 aliphatic rings. The summed E-state index contributed by atoms with van der Waals surface area (Å²) < 4.78 is 4.91. The van der Waals surface area contributed by atoms with E-state index in [9.17, 15) is 4.79 Å². The topological polar surface area (TPSA) is 59.4 Å². The van der Waals surface area contributed by atoms with E-state index in [1.165, 1.54) is 0 Å². The number of ether oxygens (including phenoxy) is 1. The Morgan fingerprint density at radius 3 is 2.82 bits per heavy atom. The minimum absolute atomic E-state index is 0.191. The van der Waals surface area contributed by atoms with E-state index in [0.29, 0.717) is 12.3 Å². The summed E-state index contributed by atoms with van der Waals surface area (Å²) in [6, 6.07) is 3.57. The van der Waals surface area contributed by atoms with E-state index >= 15 is 0 Å². The minimum Gasteiger partial charge on any atom is -0.461 e. The molecule has 0 saturated carbocycles. The Morgan fingerprint density at radius 2 is 2.18 bits per heavy atom. The number of carbonyl (C=O) groups is 1. The molecular weight excluding hydrogens is 218 g/mol. The van der Waals surface area contributed by atoms with Gasteiger partial charge in [0.1, 0.15) is 5.69 Å². The highest BCUT2D eigenvalue weighted by Gasteiger charge is 2.10. The normalized spacial score (nSPS) is 10.3. The second-order valence-electron chi connectivity index (χ2n) is 3.86. The lowest BCUT2D eigenvalue weighted by molar-refractivity contribution is 0.0519. The van der Waals surface area contributed by atoms with E-state index in [-0.39, 0.29) is 12.6 Å². The number of esters is 1. The molecule has 4 heteroatoms. The van der Waals surface area contributed by atoms with Gasteiger partial charge in [0, 0.05) is 12.3 Å². The summed E-state index contributed by atoms with van der Waals surface area (Å²) >= 11 is 0. The summed E-state index contributed by atoms with van der Waals surface area (Å²) in [5.74, 6) is -0.379. The van der Waals surface area contributed by atoms with Crippen molar-refractivity contribution in [3.63, 3.8) is 0 Å². The van der Waals surface area contributed by atoms with Crippen molar-refractivity contribution in [2.24, 2.45) is 0 Å². The maximum absolute atomic E-state index is 11.5. The van der Waals surface area contributed by atoms with E-state index < -0.39 is 0 Å². The molecule has 0 aliphatic carbocycles. The maximum atomic E-state index is 11.5. The fourth-order valence-electron chi connectivity index (χ4n) is 1.55. The SMILES string of the molecule is CCOC(=O)c1ccc(C)c(CCCCO)n1. The van der Waals surface area contributed by atoms with Crippen LogP contribution in [0.15, 0.2) is 12.1 Å². The van der Waals surface area contributed by atoms with Crippen molar-refractivity contribution in [2.45, 2.75) is 33.1 Å². The molecule has 0 spiro atoms. The Balaban J connectivity index is 2.75. The van der Waals surface area contributed by atoms with Gasteiger partial charge in [0.05, 0.1) is 6.61 Å². The number of aliphatic hydroxyl groups is 1. The number of nitrogens with zero attached hydrogens (tertiary/aromatic N) is 1. The van der Waals surface area contributed by atoms with Crippen molar-refractivity contribution >= 4 is 5.97 Å². The molecule has 1 N–H and O–H groups in total. The van der Waals surface area contributed by atoms with Gasteiger partial charge in [0.25, 0.3) is 0 Å². The molecule has 0 aromatic carbocycles. The molecule has 4 nitrogen and oxygen atoms in total. The average Bonchev–Trinajstić information content (AvgIpc) is 2.32. The van der Waals surface area contributed by atoms with Crippen LogP contribution in [0.2, 0.25) is 0 Å². The first kappa shape index (κ1) is 13.6. The monoisotopic (exact) mass is 237 g/mol. The van der Waals surface area contributed by atoms with Gasteiger partial charge in [-0.05, 0) is 44.7 Å². The summed E-state index contributed by atoms with van der Waals surface area (Å²) in [7, 11) is 0. The van der Waals surface area contributed by atoms with Crippen molar-refractivity contribution in [1.82, 2.24) is 4.98 Å². The third-order valence-corrected chi connectivity index (χ3v) is 2.51. The molecule has 17 heavy (non-hydrogen) atoms. The third-order valence-electron chi connectivity index (χ3n) is 2.51. The Hall–Kier alpha value is -1.42. The third kappa shape index (κ3) is 4.15. The number of aromatic nitrogens is 1. The van der Waals surface area contributed by atoms with Gasteiger partial charge in [0.2, 0.25) is 0 Å². The van der Waals surface area contributed by atoms with Crippen LogP contribution in [0.4, 0.5) is 0 Å². The molecule has 0 saturated heterocycles. The number of aryl methyl sites for hydroxylation is 2. The summed E-state index contributed by atoms with van der Waals surface area (Å²) in [5.41, 5.74) is 2.33. The van der Waals surface area contributed by atoms with Crippen LogP contribution in [0.25, 0.3) is 0 Å². The maximum Gasteiger partial charge on any atom is 0.356 e. The zero-order valence-electron chi connectivity index (χ0n) is 10.4. The highest BCUT2D eigenvalue weighted by Crippen LogP contribution is 2.11. The number of aliphatic hydroxyl groups excluding tert-OH is 1. The molecule has 0 bridgehead atoms. The minimum atomic E-state index is -0.379. The van der Waals surface area contributed by atoms with E-state index in [2.05, 4.69) is 4.98 Å². The van der Waals surface area contributed by atoms with Crippen molar-refractivity contribution in [2.75, 3.05) is 13.2 Å². The molecule has 0 fully saturated rings. The second kappa shape index (κ2) is 7.01. The van der Waals surface area contributed by atoms with Gasteiger partial charge < -0.3 is 9.84 Å². The summed E-state index contributed by atoms with van der Waals surface area (Å²) in [6.45, 7) is 4.29. The largest absolute Gasteiger partial charge is 0.461 e. The Bertz CT molecular complexity index is 377. The van der Waals surface area contributed by atoms with E-state index in [1.807, 2.05) is 13.0 Å². The predicted molar refractivity (Wildman–Crippen MR) is 65.0 cm³/mol. The van der Waals surface area contributed by atoms with Gasteiger partial charge in [-0.25, -0.2) is 9.78 Å². The lowest BCUT2D eigenvalue weighted by Crippen LogP contribution is -2.09. The van der Waals surface area contributed by atoms with Crippen molar-refractivity contribution in [3.05, 3.63) is 29.1 Å². The lowest BCUT2D eigenvalue weighted by atomic mass is 10.1. The summed E-state index contributed by atoms with van der Waals surface area (Å²) in [5, 5.41) is 8.73.